The number of aromatic amines is 1. The van der Waals surface area contributed by atoms with Crippen molar-refractivity contribution < 1.29 is 9.53 Å². The Morgan fingerprint density at radius 3 is 2.58 bits per heavy atom. The number of ether oxygens (including phenoxy) is 1. The number of piperidine rings is 1. The molecule has 2 aliphatic heterocycles. The van der Waals surface area contributed by atoms with E-state index in [1.54, 1.807) is 6.08 Å². The van der Waals surface area contributed by atoms with Gasteiger partial charge in [0.25, 0.3) is 0 Å². The summed E-state index contributed by atoms with van der Waals surface area (Å²) >= 11 is 0. The van der Waals surface area contributed by atoms with Gasteiger partial charge in [-0.05, 0) is 105 Å². The summed E-state index contributed by atoms with van der Waals surface area (Å²) in [4.78, 5) is 19.1. The van der Waals surface area contributed by atoms with Crippen molar-refractivity contribution in [2.75, 3.05) is 19.6 Å². The second-order valence-corrected chi connectivity index (χ2v) is 13.9. The van der Waals surface area contributed by atoms with Gasteiger partial charge < -0.3 is 15.0 Å². The summed E-state index contributed by atoms with van der Waals surface area (Å²) in [6, 6.07) is 19.6. The quantitative estimate of drug-likeness (QED) is 0.218. The number of aromatic nitrogens is 1. The maximum absolute atomic E-state index is 12.9. The van der Waals surface area contributed by atoms with Crippen LogP contribution in [0.1, 0.15) is 76.1 Å². The highest BCUT2D eigenvalue weighted by molar-refractivity contribution is 6.12. The number of benzene rings is 3. The zero-order valence-corrected chi connectivity index (χ0v) is 26.3. The molecule has 2 N–H and O–H groups in total. The topological polar surface area (TPSA) is 57.4 Å². The average Bonchev–Trinajstić information content (AvgIpc) is 3.34. The van der Waals surface area contributed by atoms with Crippen LogP contribution in [0, 0.1) is 5.92 Å². The molecule has 1 saturated heterocycles. The first-order valence-electron chi connectivity index (χ1n) is 15.8. The molecule has 5 heteroatoms. The Balaban J connectivity index is 1.14. The molecule has 6 rings (SSSR count). The van der Waals surface area contributed by atoms with Crippen molar-refractivity contribution in [2.45, 2.75) is 71.4 Å². The number of nitrogens with one attached hydrogen (secondary N) is 2. The van der Waals surface area contributed by atoms with Crippen LogP contribution in [0.3, 0.4) is 0 Å². The van der Waals surface area contributed by atoms with Gasteiger partial charge in [-0.1, -0.05) is 57.2 Å². The molecule has 0 radical (unpaired) electrons. The van der Waals surface area contributed by atoms with Crippen LogP contribution in [0.15, 0.2) is 66.7 Å². The van der Waals surface area contributed by atoms with Crippen molar-refractivity contribution >= 4 is 39.9 Å². The summed E-state index contributed by atoms with van der Waals surface area (Å²) in [5, 5.41) is 5.47. The van der Waals surface area contributed by atoms with E-state index in [1.165, 1.54) is 29.4 Å². The fourth-order valence-electron chi connectivity index (χ4n) is 6.41. The minimum Gasteiger partial charge on any atom is -0.482 e. The Morgan fingerprint density at radius 1 is 1.07 bits per heavy atom. The molecule has 3 aromatic carbocycles. The molecule has 5 nitrogen and oxygen atoms in total. The molecule has 1 aromatic heterocycles. The van der Waals surface area contributed by atoms with Crippen molar-refractivity contribution in [3.05, 3.63) is 89.0 Å². The Bertz CT molecular complexity index is 1680. The molecular weight excluding hydrogens is 530 g/mol. The number of carbonyl (C=O) groups is 1. The third-order valence-corrected chi connectivity index (χ3v) is 9.02. The summed E-state index contributed by atoms with van der Waals surface area (Å²) in [6.07, 6.45) is 11.2. The van der Waals surface area contributed by atoms with E-state index in [0.29, 0.717) is 12.5 Å². The summed E-state index contributed by atoms with van der Waals surface area (Å²) in [5.41, 5.74) is 6.43. The number of hydrogen-bond acceptors (Lipinski definition) is 3. The molecule has 2 aliphatic rings. The van der Waals surface area contributed by atoms with Gasteiger partial charge in [-0.2, -0.15) is 0 Å². The lowest BCUT2D eigenvalue weighted by Crippen LogP contribution is -2.34. The zero-order valence-electron chi connectivity index (χ0n) is 26.3. The van der Waals surface area contributed by atoms with E-state index in [9.17, 15) is 4.79 Å². The monoisotopic (exact) mass is 575 g/mol. The number of nitrogens with zero attached hydrogens (tertiary/aromatic N) is 1. The molecule has 1 fully saturated rings. The summed E-state index contributed by atoms with van der Waals surface area (Å²) in [6.45, 7) is 14.8. The molecule has 1 amide bonds. The molecule has 0 unspecified atom stereocenters. The van der Waals surface area contributed by atoms with Crippen molar-refractivity contribution in [1.82, 2.24) is 15.2 Å². The molecule has 43 heavy (non-hydrogen) atoms. The normalized spacial score (nSPS) is 17.4. The van der Waals surface area contributed by atoms with Gasteiger partial charge in [-0.15, -0.1) is 0 Å². The Labute approximate surface area is 256 Å². The Hall–Kier alpha value is -3.83. The van der Waals surface area contributed by atoms with Crippen LogP contribution in [0.5, 0.6) is 5.75 Å². The van der Waals surface area contributed by atoms with Crippen molar-refractivity contribution in [3.63, 3.8) is 0 Å². The molecule has 224 valence electrons. The molecule has 0 spiro atoms. The van der Waals surface area contributed by atoms with Crippen LogP contribution in [0.2, 0.25) is 0 Å². The lowest BCUT2D eigenvalue weighted by atomic mass is 9.86. The van der Waals surface area contributed by atoms with Gasteiger partial charge in [0.05, 0.1) is 5.52 Å². The van der Waals surface area contributed by atoms with Gasteiger partial charge in [-0.3, -0.25) is 9.69 Å². The fraction of sp³-hybridized carbons (Fsp3) is 0.395. The van der Waals surface area contributed by atoms with Gasteiger partial charge >= 0.3 is 0 Å². The van der Waals surface area contributed by atoms with Crippen LogP contribution < -0.4 is 10.1 Å². The number of likely N-dealkylation sites (tertiary alicyclic amines) is 1. The highest BCUT2D eigenvalue weighted by atomic mass is 16.5. The standard InChI is InChI=1S/C38H45N3O2/c1-37(2,3)29-12-13-33-31(24-29)32-23-28(36-30(35(32)40-33)15-19-38(4,5)43-36)11-14-34(42)39-20-16-26-17-21-41(22-18-26)25-27-9-7-6-8-10-27/h6-15,19,23-24,26,40H,16-18,20-22,25H2,1-5H3,(H,39,42)/b14-11+. The van der Waals surface area contributed by atoms with E-state index in [4.69, 9.17) is 4.74 Å². The van der Waals surface area contributed by atoms with Crippen LogP contribution in [0.4, 0.5) is 0 Å². The van der Waals surface area contributed by atoms with Crippen LogP contribution in [-0.2, 0) is 16.8 Å². The van der Waals surface area contributed by atoms with E-state index >= 15 is 0 Å². The smallest absolute Gasteiger partial charge is 0.244 e. The Morgan fingerprint density at radius 2 is 1.84 bits per heavy atom. The molecule has 3 heterocycles. The molecule has 0 atom stereocenters. The number of carbonyl (C=O) groups excluding carboxylic acids is 1. The van der Waals surface area contributed by atoms with Gasteiger partial charge in [0.15, 0.2) is 0 Å². The van der Waals surface area contributed by atoms with Crippen LogP contribution in [-0.4, -0.2) is 41.0 Å². The van der Waals surface area contributed by atoms with E-state index in [2.05, 4.69) is 117 Å². The van der Waals surface area contributed by atoms with Gasteiger partial charge in [0.2, 0.25) is 5.91 Å². The van der Waals surface area contributed by atoms with E-state index < -0.39 is 5.60 Å². The number of H-pyrrole nitrogens is 1. The number of fused-ring (bicyclic) bond motifs is 5. The minimum atomic E-state index is -0.423. The van der Waals surface area contributed by atoms with Crippen molar-refractivity contribution in [2.24, 2.45) is 5.92 Å². The van der Waals surface area contributed by atoms with Crippen LogP contribution >= 0.6 is 0 Å². The molecule has 0 bridgehead atoms. The average molecular weight is 576 g/mol. The summed E-state index contributed by atoms with van der Waals surface area (Å²) < 4.78 is 6.48. The van der Waals surface area contributed by atoms with Gasteiger partial charge in [0.1, 0.15) is 11.4 Å². The number of rotatable bonds is 7. The van der Waals surface area contributed by atoms with Crippen molar-refractivity contribution in [1.29, 1.82) is 0 Å². The van der Waals surface area contributed by atoms with E-state index in [0.717, 1.165) is 59.4 Å². The first-order chi connectivity index (χ1) is 20.6. The fourth-order valence-corrected chi connectivity index (χ4v) is 6.41. The lowest BCUT2D eigenvalue weighted by molar-refractivity contribution is -0.116. The summed E-state index contributed by atoms with van der Waals surface area (Å²) in [7, 11) is 0. The van der Waals surface area contributed by atoms with Gasteiger partial charge in [0, 0.05) is 46.6 Å². The lowest BCUT2D eigenvalue weighted by Gasteiger charge is -2.32. The predicted molar refractivity (Wildman–Crippen MR) is 179 cm³/mol. The highest BCUT2D eigenvalue weighted by Gasteiger charge is 2.27. The maximum atomic E-state index is 12.9. The predicted octanol–water partition coefficient (Wildman–Crippen LogP) is 8.23. The molecule has 0 aliphatic carbocycles. The van der Waals surface area contributed by atoms with E-state index in [-0.39, 0.29) is 11.3 Å². The minimum absolute atomic E-state index is 0.0546. The second-order valence-electron chi connectivity index (χ2n) is 13.9. The SMILES string of the molecule is CC1(C)C=Cc2c(c(/C=C/C(=O)NCCC3CCN(Cc4ccccc4)CC3)cc3c2[nH]c2ccc(C(C)(C)C)cc23)O1. The third kappa shape index (κ3) is 6.57. The first kappa shape index (κ1) is 29.3. The molecule has 4 aromatic rings. The number of hydrogen-bond donors (Lipinski definition) is 2. The molecule has 0 saturated carbocycles. The van der Waals surface area contributed by atoms with Crippen molar-refractivity contribution in [3.8, 4) is 5.75 Å². The Kier molecular flexibility index (Phi) is 7.95. The zero-order chi connectivity index (χ0) is 30.2. The molecular formula is C38H45N3O2. The van der Waals surface area contributed by atoms with Crippen LogP contribution in [0.25, 0.3) is 34.0 Å². The third-order valence-electron chi connectivity index (χ3n) is 9.02. The van der Waals surface area contributed by atoms with Gasteiger partial charge in [-0.25, -0.2) is 0 Å². The highest BCUT2D eigenvalue weighted by Crippen LogP contribution is 2.42. The second kappa shape index (κ2) is 11.7. The van der Waals surface area contributed by atoms with E-state index in [1.807, 2.05) is 6.08 Å². The number of amides is 1. The first-order valence-corrected chi connectivity index (χ1v) is 15.8. The largest absolute Gasteiger partial charge is 0.482 e. The maximum Gasteiger partial charge on any atom is 0.244 e. The summed E-state index contributed by atoms with van der Waals surface area (Å²) in [5.74, 6) is 1.41.